The second kappa shape index (κ2) is 9.53. The summed E-state index contributed by atoms with van der Waals surface area (Å²) in [5.41, 5.74) is 11.8. The van der Waals surface area contributed by atoms with Gasteiger partial charge in [-0.05, 0) is 56.7 Å². The molecule has 12 heteroatoms. The van der Waals surface area contributed by atoms with Gasteiger partial charge in [0.25, 0.3) is 20.1 Å². The lowest BCUT2D eigenvalue weighted by molar-refractivity contribution is 0.209. The molecule has 4 N–H and O–H groups in total. The normalized spacial score (nSPS) is 16.2. The smallest absolute Gasteiger partial charge is 0.269 e. The lowest BCUT2D eigenvalue weighted by Crippen LogP contribution is -2.38. The summed E-state index contributed by atoms with van der Waals surface area (Å²) in [6.07, 6.45) is 5.87. The summed E-state index contributed by atoms with van der Waals surface area (Å²) in [7, 11) is -7.73. The Morgan fingerprint density at radius 1 is 1.12 bits per heavy atom. The van der Waals surface area contributed by atoms with Crippen molar-refractivity contribution in [2.75, 3.05) is 30.0 Å². The molecular weight excluding hydrogens is 478 g/mol. The summed E-state index contributed by atoms with van der Waals surface area (Å²) >= 11 is 0. The van der Waals surface area contributed by atoms with Crippen molar-refractivity contribution in [3.63, 3.8) is 0 Å². The van der Waals surface area contributed by atoms with Crippen molar-refractivity contribution in [3.05, 3.63) is 48.3 Å². The van der Waals surface area contributed by atoms with Crippen LogP contribution in [0.5, 0.6) is 0 Å². The van der Waals surface area contributed by atoms with Gasteiger partial charge < -0.3 is 11.2 Å². The SMILES string of the molecule is Cc1ccc(S(=O)(=O)n2ccc3c(NN4CCC(CCCS(=O)(=O)O)CC4)c(N)cnc32)cc1. The van der Waals surface area contributed by atoms with Crippen molar-refractivity contribution in [3.8, 4) is 0 Å². The van der Waals surface area contributed by atoms with Crippen LogP contribution in [0.15, 0.2) is 47.6 Å². The summed E-state index contributed by atoms with van der Waals surface area (Å²) in [4.78, 5) is 4.48. The molecule has 184 valence electrons. The van der Waals surface area contributed by atoms with Crippen LogP contribution in [0.1, 0.15) is 31.2 Å². The predicted octanol–water partition coefficient (Wildman–Crippen LogP) is 2.87. The number of fused-ring (bicyclic) bond motifs is 1. The highest BCUT2D eigenvalue weighted by molar-refractivity contribution is 7.90. The zero-order valence-electron chi connectivity index (χ0n) is 18.9. The molecule has 10 nitrogen and oxygen atoms in total. The fourth-order valence-corrected chi connectivity index (χ4v) is 6.10. The van der Waals surface area contributed by atoms with E-state index < -0.39 is 20.1 Å². The third kappa shape index (κ3) is 5.35. The average Bonchev–Trinajstić information content (AvgIpc) is 3.21. The van der Waals surface area contributed by atoms with E-state index in [0.717, 1.165) is 37.9 Å². The first-order chi connectivity index (χ1) is 16.0. The Hall–Kier alpha value is -2.67. The van der Waals surface area contributed by atoms with E-state index in [2.05, 4.69) is 10.4 Å². The summed E-state index contributed by atoms with van der Waals surface area (Å²) < 4.78 is 58.3. The van der Waals surface area contributed by atoms with E-state index >= 15 is 0 Å². The molecule has 0 radical (unpaired) electrons. The van der Waals surface area contributed by atoms with Crippen LogP contribution >= 0.6 is 0 Å². The van der Waals surface area contributed by atoms with E-state index in [1.165, 1.54) is 16.4 Å². The van der Waals surface area contributed by atoms with Gasteiger partial charge in [-0.2, -0.15) is 8.42 Å². The molecule has 1 aromatic carbocycles. The number of aryl methyl sites for hydroxylation is 1. The van der Waals surface area contributed by atoms with Gasteiger partial charge in [0, 0.05) is 24.7 Å². The van der Waals surface area contributed by atoms with Gasteiger partial charge in [0.2, 0.25) is 0 Å². The Kier molecular flexibility index (Phi) is 6.85. The molecule has 3 heterocycles. The number of benzene rings is 1. The second-order valence-electron chi connectivity index (χ2n) is 8.73. The van der Waals surface area contributed by atoms with E-state index in [-0.39, 0.29) is 16.3 Å². The van der Waals surface area contributed by atoms with E-state index in [1.54, 1.807) is 30.3 Å². The van der Waals surface area contributed by atoms with Crippen molar-refractivity contribution >= 4 is 42.5 Å². The fourth-order valence-electron chi connectivity index (χ4n) is 4.27. The zero-order valence-corrected chi connectivity index (χ0v) is 20.5. The van der Waals surface area contributed by atoms with Crippen LogP contribution in [0.4, 0.5) is 11.4 Å². The summed E-state index contributed by atoms with van der Waals surface area (Å²) in [6, 6.07) is 8.35. The number of hydrogen-bond donors (Lipinski definition) is 3. The van der Waals surface area contributed by atoms with Crippen LogP contribution < -0.4 is 11.2 Å². The molecule has 0 bridgehead atoms. The van der Waals surface area contributed by atoms with E-state index in [0.29, 0.717) is 29.1 Å². The maximum absolute atomic E-state index is 13.2. The van der Waals surface area contributed by atoms with Crippen LogP contribution in [0.25, 0.3) is 11.0 Å². The van der Waals surface area contributed by atoms with Gasteiger partial charge in [0.05, 0.1) is 28.2 Å². The molecule has 3 aromatic rings. The van der Waals surface area contributed by atoms with Gasteiger partial charge in [-0.3, -0.25) is 4.55 Å². The predicted molar refractivity (Wildman–Crippen MR) is 131 cm³/mol. The maximum atomic E-state index is 13.2. The van der Waals surface area contributed by atoms with Crippen LogP contribution in [-0.4, -0.2) is 54.2 Å². The fraction of sp³-hybridized carbons (Fsp3) is 0.409. The number of hydrogen-bond acceptors (Lipinski definition) is 8. The van der Waals surface area contributed by atoms with E-state index in [9.17, 15) is 16.8 Å². The highest BCUT2D eigenvalue weighted by atomic mass is 32.2. The number of pyridine rings is 1. The average molecular weight is 508 g/mol. The standard InChI is InChI=1S/C22H29N5O5S2/c1-16-4-6-18(7-5-16)34(31,32)27-13-10-19-21(20(23)15-24-22(19)27)25-26-11-8-17(9-12-26)3-2-14-33(28,29)30/h4-7,10,13,15,17H,2-3,8-9,11-12,14,23H2,1H3,(H,24,25)(H,28,29,30). The Labute approximate surface area is 199 Å². The first-order valence-electron chi connectivity index (χ1n) is 11.1. The number of rotatable bonds is 8. The molecule has 2 aromatic heterocycles. The van der Waals surface area contributed by atoms with Crippen LogP contribution in [-0.2, 0) is 20.1 Å². The zero-order chi connectivity index (χ0) is 24.5. The van der Waals surface area contributed by atoms with Gasteiger partial charge >= 0.3 is 0 Å². The van der Waals surface area contributed by atoms with Gasteiger partial charge in [-0.15, -0.1) is 0 Å². The number of anilines is 2. The number of hydrazine groups is 1. The van der Waals surface area contributed by atoms with Crippen molar-refractivity contribution in [2.24, 2.45) is 5.92 Å². The van der Waals surface area contributed by atoms with Crippen molar-refractivity contribution in [1.82, 2.24) is 14.0 Å². The van der Waals surface area contributed by atoms with Crippen molar-refractivity contribution < 1.29 is 21.4 Å². The van der Waals surface area contributed by atoms with Crippen LogP contribution in [0, 0.1) is 12.8 Å². The molecule has 1 fully saturated rings. The van der Waals surface area contributed by atoms with Crippen molar-refractivity contribution in [2.45, 2.75) is 37.5 Å². The molecule has 0 amide bonds. The molecule has 0 spiro atoms. The molecule has 1 aliphatic rings. The highest BCUT2D eigenvalue weighted by Crippen LogP contribution is 2.32. The minimum Gasteiger partial charge on any atom is -0.396 e. The van der Waals surface area contributed by atoms with Gasteiger partial charge in [0.15, 0.2) is 5.65 Å². The summed E-state index contributed by atoms with van der Waals surface area (Å²) in [5.74, 6) is 0.176. The topological polar surface area (TPSA) is 148 Å². The number of nitrogen functional groups attached to an aromatic ring is 1. The molecule has 34 heavy (non-hydrogen) atoms. The third-order valence-electron chi connectivity index (χ3n) is 6.19. The number of aromatic nitrogens is 2. The number of nitrogens with zero attached hydrogens (tertiary/aromatic N) is 3. The molecule has 0 aliphatic carbocycles. The molecule has 4 rings (SSSR count). The van der Waals surface area contributed by atoms with E-state index in [4.69, 9.17) is 10.3 Å². The molecule has 0 unspecified atom stereocenters. The van der Waals surface area contributed by atoms with Crippen LogP contribution in [0.2, 0.25) is 0 Å². The lowest BCUT2D eigenvalue weighted by Gasteiger charge is -2.33. The molecular formula is C22H29N5O5S2. The summed E-state index contributed by atoms with van der Waals surface area (Å²) in [6.45, 7) is 3.34. The Morgan fingerprint density at radius 3 is 2.44 bits per heavy atom. The monoisotopic (exact) mass is 507 g/mol. The molecule has 0 atom stereocenters. The molecule has 0 saturated carbocycles. The second-order valence-corrected chi connectivity index (χ2v) is 12.1. The van der Waals surface area contributed by atoms with Gasteiger partial charge in [0.1, 0.15) is 0 Å². The summed E-state index contributed by atoms with van der Waals surface area (Å²) in [5, 5.41) is 2.63. The molecule has 1 saturated heterocycles. The maximum Gasteiger partial charge on any atom is 0.269 e. The third-order valence-corrected chi connectivity index (χ3v) is 8.67. The first-order valence-corrected chi connectivity index (χ1v) is 14.1. The van der Waals surface area contributed by atoms with Gasteiger partial charge in [-0.25, -0.2) is 22.4 Å². The lowest BCUT2D eigenvalue weighted by atomic mass is 9.93. The number of nitrogens with one attached hydrogen (secondary N) is 1. The van der Waals surface area contributed by atoms with Gasteiger partial charge in [-0.1, -0.05) is 17.7 Å². The Morgan fingerprint density at radius 2 is 1.79 bits per heavy atom. The minimum atomic E-state index is -3.92. The number of piperidine rings is 1. The minimum absolute atomic E-state index is 0.180. The van der Waals surface area contributed by atoms with Crippen molar-refractivity contribution in [1.29, 1.82) is 0 Å². The largest absolute Gasteiger partial charge is 0.396 e. The highest BCUT2D eigenvalue weighted by Gasteiger charge is 2.24. The molecule has 1 aliphatic heterocycles. The van der Waals surface area contributed by atoms with E-state index in [1.807, 2.05) is 11.9 Å². The number of nitrogens with two attached hydrogens (primary N) is 1. The van der Waals surface area contributed by atoms with Crippen LogP contribution in [0.3, 0.4) is 0 Å². The first kappa shape index (κ1) is 24.5. The quantitative estimate of drug-likeness (QED) is 0.391. The Balaban J connectivity index is 1.50. The Bertz CT molecular complexity index is 1380.